The topological polar surface area (TPSA) is 81.7 Å². The van der Waals surface area contributed by atoms with Gasteiger partial charge in [0.2, 0.25) is 0 Å². The lowest BCUT2D eigenvalue weighted by Gasteiger charge is -2.24. The Morgan fingerprint density at radius 1 is 1.36 bits per heavy atom. The van der Waals surface area contributed by atoms with Crippen molar-refractivity contribution in [3.05, 3.63) is 23.8 Å². The average molecular weight is 410 g/mol. The molecule has 2 heterocycles. The van der Waals surface area contributed by atoms with E-state index in [1.165, 1.54) is 6.08 Å². The number of thioether (sulfide) groups is 1. The number of carbonyl (C=O) groups excluding carboxylic acids is 3. The molecule has 2 aliphatic rings. The Labute approximate surface area is 171 Å². The zero-order valence-corrected chi connectivity index (χ0v) is 17.8. The molecule has 2 rings (SSSR count). The monoisotopic (exact) mass is 409 g/mol. The maximum Gasteiger partial charge on any atom is 0.330 e. The number of rotatable bonds is 4. The van der Waals surface area contributed by atoms with Crippen molar-refractivity contribution in [2.45, 2.75) is 70.6 Å². The molecule has 1 amide bonds. The molecule has 0 bridgehead atoms. The molecule has 1 N–H and O–H groups in total. The van der Waals surface area contributed by atoms with Gasteiger partial charge < -0.3 is 14.8 Å². The fourth-order valence-corrected chi connectivity index (χ4v) is 4.19. The normalized spacial score (nSPS) is 33.2. The van der Waals surface area contributed by atoms with Crippen molar-refractivity contribution in [1.29, 1.82) is 0 Å². The molecule has 0 aromatic heterocycles. The van der Waals surface area contributed by atoms with Crippen LogP contribution in [0, 0.1) is 5.92 Å². The summed E-state index contributed by atoms with van der Waals surface area (Å²) in [4.78, 5) is 36.3. The van der Waals surface area contributed by atoms with Gasteiger partial charge in [0, 0.05) is 31.8 Å². The lowest BCUT2D eigenvalue weighted by molar-refractivity contribution is -0.146. The first-order valence-electron chi connectivity index (χ1n) is 9.90. The van der Waals surface area contributed by atoms with Gasteiger partial charge in [0.1, 0.15) is 6.10 Å². The van der Waals surface area contributed by atoms with E-state index in [0.717, 1.165) is 43.0 Å². The molecule has 0 spiro atoms. The number of nitrogens with one attached hydrogen (secondary N) is 1. The first-order valence-corrected chi connectivity index (χ1v) is 10.9. The van der Waals surface area contributed by atoms with Gasteiger partial charge in [-0.1, -0.05) is 36.4 Å². The van der Waals surface area contributed by atoms with E-state index >= 15 is 0 Å². The molecule has 0 radical (unpaired) electrons. The van der Waals surface area contributed by atoms with Gasteiger partial charge in [-0.15, -0.1) is 0 Å². The van der Waals surface area contributed by atoms with Crippen LogP contribution in [0.5, 0.6) is 0 Å². The van der Waals surface area contributed by atoms with Crippen LogP contribution < -0.4 is 5.32 Å². The van der Waals surface area contributed by atoms with Crippen molar-refractivity contribution in [2.75, 3.05) is 12.9 Å². The van der Waals surface area contributed by atoms with Crippen LogP contribution in [0.1, 0.15) is 52.4 Å². The first-order chi connectivity index (χ1) is 13.4. The second-order valence-corrected chi connectivity index (χ2v) is 8.62. The van der Waals surface area contributed by atoms with Crippen molar-refractivity contribution < 1.29 is 23.9 Å². The Bertz CT molecular complexity index is 630. The smallest absolute Gasteiger partial charge is 0.330 e. The number of hydrogen-bond acceptors (Lipinski definition) is 6. The average Bonchev–Trinajstić information content (AvgIpc) is 3.07. The maximum atomic E-state index is 12.6. The highest BCUT2D eigenvalue weighted by molar-refractivity contribution is 8.14. The minimum absolute atomic E-state index is 0.0828. The zero-order chi connectivity index (χ0) is 20.5. The number of allylic oxidation sites excluding steroid dienone is 3. The van der Waals surface area contributed by atoms with E-state index in [9.17, 15) is 14.4 Å². The van der Waals surface area contributed by atoms with E-state index < -0.39 is 18.1 Å². The molecule has 156 valence electrons. The van der Waals surface area contributed by atoms with Gasteiger partial charge >= 0.3 is 5.97 Å². The molecule has 1 saturated heterocycles. The lowest BCUT2D eigenvalue weighted by Crippen LogP contribution is -2.38. The Kier molecular flexibility index (Phi) is 9.25. The molecular weight excluding hydrogens is 378 g/mol. The quantitative estimate of drug-likeness (QED) is 0.562. The first kappa shape index (κ1) is 22.7. The van der Waals surface area contributed by atoms with Gasteiger partial charge in [-0.2, -0.15) is 0 Å². The van der Waals surface area contributed by atoms with Gasteiger partial charge in [0.05, 0.1) is 12.1 Å². The van der Waals surface area contributed by atoms with Crippen LogP contribution in [0.4, 0.5) is 4.79 Å². The molecule has 0 aromatic rings. The van der Waals surface area contributed by atoms with E-state index in [4.69, 9.17) is 9.47 Å². The molecule has 2 aliphatic heterocycles. The molecule has 0 saturated carbocycles. The summed E-state index contributed by atoms with van der Waals surface area (Å²) < 4.78 is 11.2. The van der Waals surface area contributed by atoms with E-state index in [0.29, 0.717) is 18.1 Å². The van der Waals surface area contributed by atoms with E-state index in [2.05, 4.69) is 24.4 Å². The Balaban J connectivity index is 2.10. The van der Waals surface area contributed by atoms with E-state index in [-0.39, 0.29) is 23.5 Å². The third-order valence-corrected chi connectivity index (χ3v) is 5.99. The molecule has 0 unspecified atom stereocenters. The molecule has 6 nitrogen and oxygen atoms in total. The largest absolute Gasteiger partial charge is 0.459 e. The minimum Gasteiger partial charge on any atom is -0.459 e. The molecule has 7 heteroatoms. The van der Waals surface area contributed by atoms with Crippen molar-refractivity contribution in [3.8, 4) is 0 Å². The summed E-state index contributed by atoms with van der Waals surface area (Å²) in [6, 6.07) is -0.507. The van der Waals surface area contributed by atoms with Crippen LogP contribution in [0.3, 0.4) is 0 Å². The van der Waals surface area contributed by atoms with Crippen molar-refractivity contribution in [3.63, 3.8) is 0 Å². The highest BCUT2D eigenvalue weighted by Crippen LogP contribution is 2.22. The van der Waals surface area contributed by atoms with Crippen molar-refractivity contribution >= 4 is 28.8 Å². The summed E-state index contributed by atoms with van der Waals surface area (Å²) in [5, 5.41) is 2.48. The Morgan fingerprint density at radius 2 is 2.14 bits per heavy atom. The fraction of sp³-hybridized carbons (Fsp3) is 0.667. The second kappa shape index (κ2) is 11.4. The van der Waals surface area contributed by atoms with Gasteiger partial charge in [0.15, 0.2) is 5.78 Å². The fourth-order valence-electron chi connectivity index (χ4n) is 3.38. The molecule has 4 atom stereocenters. The second-order valence-electron chi connectivity index (χ2n) is 7.63. The van der Waals surface area contributed by atoms with Crippen LogP contribution in [0.2, 0.25) is 0 Å². The highest BCUT2D eigenvalue weighted by atomic mass is 32.2. The Morgan fingerprint density at radius 3 is 2.82 bits per heavy atom. The van der Waals surface area contributed by atoms with Crippen LogP contribution in [-0.4, -0.2) is 48.1 Å². The number of ether oxygens (including phenoxy) is 2. The van der Waals surface area contributed by atoms with Crippen LogP contribution >= 0.6 is 11.8 Å². The maximum absolute atomic E-state index is 12.6. The number of esters is 1. The predicted octanol–water partition coefficient (Wildman–Crippen LogP) is 3.80. The zero-order valence-electron chi connectivity index (χ0n) is 16.9. The Hall–Kier alpha value is -1.60. The summed E-state index contributed by atoms with van der Waals surface area (Å²) in [5.41, 5.74) is 0.951. The third kappa shape index (κ3) is 7.80. The van der Waals surface area contributed by atoms with Crippen LogP contribution in [0.15, 0.2) is 23.8 Å². The number of cyclic esters (lactones) is 1. The van der Waals surface area contributed by atoms with E-state index in [1.807, 2.05) is 6.92 Å². The summed E-state index contributed by atoms with van der Waals surface area (Å²) >= 11 is 1.11. The minimum atomic E-state index is -0.565. The number of methoxy groups -OCH3 is 1. The van der Waals surface area contributed by atoms with Crippen LogP contribution in [0.25, 0.3) is 0 Å². The molecule has 0 aromatic carbocycles. The lowest BCUT2D eigenvalue weighted by atomic mass is 9.96. The highest BCUT2D eigenvalue weighted by Gasteiger charge is 2.31. The summed E-state index contributed by atoms with van der Waals surface area (Å²) in [6.07, 6.45) is 9.25. The standard InChI is InChI=1S/C21H31NO5S/c1-14-6-4-5-7-15(2)10-20(24)27-17(11-16(26-3)9-8-14)12-19(23)18-13-28-21(25)22-18/h4,6,10,14,16-18H,5,7-9,11-13H2,1-3H3,(H,22,25)/b6-4-,15-10-/t14-,16-,17-,18-/m1/s1. The number of ketones is 1. The van der Waals surface area contributed by atoms with Crippen LogP contribution in [-0.2, 0) is 19.1 Å². The predicted molar refractivity (Wildman–Crippen MR) is 110 cm³/mol. The molecule has 0 aliphatic carbocycles. The SMILES string of the molecule is CO[C@@H]1CC[C@H](C)/C=C\CC/C(C)=C\C(=O)O[C@@H](CC(=O)[C@H]2CSC(=O)N2)C1. The van der Waals surface area contributed by atoms with E-state index in [1.54, 1.807) is 7.11 Å². The summed E-state index contributed by atoms with van der Waals surface area (Å²) in [6.45, 7) is 4.09. The van der Waals surface area contributed by atoms with Gasteiger partial charge in [-0.3, -0.25) is 9.59 Å². The molecule has 1 fully saturated rings. The van der Waals surface area contributed by atoms with Gasteiger partial charge in [-0.05, 0) is 38.5 Å². The number of carbonyl (C=O) groups is 3. The third-order valence-electron chi connectivity index (χ3n) is 5.11. The van der Waals surface area contributed by atoms with Gasteiger partial charge in [0.25, 0.3) is 5.24 Å². The summed E-state index contributed by atoms with van der Waals surface area (Å²) in [7, 11) is 1.65. The number of amides is 1. The summed E-state index contributed by atoms with van der Waals surface area (Å²) in [5.74, 6) is 0.335. The van der Waals surface area contributed by atoms with Crippen molar-refractivity contribution in [1.82, 2.24) is 5.32 Å². The van der Waals surface area contributed by atoms with Crippen molar-refractivity contribution in [2.24, 2.45) is 5.92 Å². The number of Topliss-reactive ketones (excluding diaryl/α,β-unsaturated/α-hetero) is 1. The molecule has 28 heavy (non-hydrogen) atoms. The number of hydrogen-bond donors (Lipinski definition) is 1. The van der Waals surface area contributed by atoms with Gasteiger partial charge in [-0.25, -0.2) is 4.79 Å². The molecular formula is C21H31NO5S.